The molecule has 3 aromatic rings. The lowest BCUT2D eigenvalue weighted by Crippen LogP contribution is -2.23. The van der Waals surface area contributed by atoms with Crippen molar-refractivity contribution in [2.24, 2.45) is 0 Å². The Morgan fingerprint density at radius 3 is 2.62 bits per heavy atom. The molecule has 2 aromatic heterocycles. The van der Waals surface area contributed by atoms with E-state index in [-0.39, 0.29) is 5.82 Å². The molecule has 1 aromatic carbocycles. The molecule has 1 aliphatic rings. The van der Waals surface area contributed by atoms with E-state index < -0.39 is 0 Å². The lowest BCUT2D eigenvalue weighted by Gasteiger charge is -2.22. The van der Waals surface area contributed by atoms with Crippen molar-refractivity contribution in [1.29, 1.82) is 0 Å². The van der Waals surface area contributed by atoms with Gasteiger partial charge in [0.15, 0.2) is 5.65 Å². The maximum atomic E-state index is 13.1. The summed E-state index contributed by atoms with van der Waals surface area (Å²) < 4.78 is 13.1. The van der Waals surface area contributed by atoms with Gasteiger partial charge in [0.2, 0.25) is 5.95 Å². The molecule has 0 saturated heterocycles. The van der Waals surface area contributed by atoms with Crippen molar-refractivity contribution in [3.05, 3.63) is 36.3 Å². The summed E-state index contributed by atoms with van der Waals surface area (Å²) in [5.74, 6) is 0.971. The molecule has 0 aliphatic heterocycles. The van der Waals surface area contributed by atoms with E-state index in [0.29, 0.717) is 23.5 Å². The number of rotatable bonds is 4. The van der Waals surface area contributed by atoms with Crippen LogP contribution in [0, 0.1) is 5.82 Å². The molecule has 4 rings (SSSR count). The van der Waals surface area contributed by atoms with E-state index in [2.05, 4.69) is 30.8 Å². The Hall–Kier alpha value is -2.70. The Balaban J connectivity index is 1.63. The second-order valence-electron chi connectivity index (χ2n) is 6.14. The average Bonchev–Trinajstić information content (AvgIpc) is 3.07. The monoisotopic (exact) mass is 326 g/mol. The fraction of sp³-hybridized carbons (Fsp3) is 0.353. The molecule has 124 valence electrons. The third kappa shape index (κ3) is 3.15. The van der Waals surface area contributed by atoms with E-state index in [1.807, 2.05) is 0 Å². The summed E-state index contributed by atoms with van der Waals surface area (Å²) in [5.41, 5.74) is 1.44. The molecule has 3 N–H and O–H groups in total. The molecule has 1 fully saturated rings. The highest BCUT2D eigenvalue weighted by Gasteiger charge is 2.16. The third-order valence-electron chi connectivity index (χ3n) is 4.36. The van der Waals surface area contributed by atoms with Gasteiger partial charge in [-0.3, -0.25) is 5.10 Å². The van der Waals surface area contributed by atoms with Gasteiger partial charge in [-0.05, 0) is 37.1 Å². The molecule has 0 bridgehead atoms. The second-order valence-corrected chi connectivity index (χ2v) is 6.14. The zero-order chi connectivity index (χ0) is 16.4. The van der Waals surface area contributed by atoms with Crippen LogP contribution in [0.2, 0.25) is 0 Å². The highest BCUT2D eigenvalue weighted by atomic mass is 19.1. The number of halogens is 1. The van der Waals surface area contributed by atoms with Crippen LogP contribution in [0.3, 0.4) is 0 Å². The van der Waals surface area contributed by atoms with Crippen molar-refractivity contribution >= 4 is 28.5 Å². The van der Waals surface area contributed by atoms with Crippen molar-refractivity contribution in [3.63, 3.8) is 0 Å². The summed E-state index contributed by atoms with van der Waals surface area (Å²) in [6.45, 7) is 0. The van der Waals surface area contributed by atoms with Crippen LogP contribution < -0.4 is 10.6 Å². The normalized spacial score (nSPS) is 15.5. The first kappa shape index (κ1) is 14.9. The topological polar surface area (TPSA) is 78.5 Å². The largest absolute Gasteiger partial charge is 0.351 e. The molecule has 7 heteroatoms. The number of anilines is 3. The zero-order valence-electron chi connectivity index (χ0n) is 13.2. The fourth-order valence-corrected chi connectivity index (χ4v) is 3.09. The van der Waals surface area contributed by atoms with E-state index in [9.17, 15) is 4.39 Å². The van der Waals surface area contributed by atoms with Gasteiger partial charge in [0.05, 0.1) is 11.6 Å². The Kier molecular flexibility index (Phi) is 3.98. The van der Waals surface area contributed by atoms with Gasteiger partial charge >= 0.3 is 0 Å². The number of aromatic amines is 1. The number of nitrogens with one attached hydrogen (secondary N) is 3. The van der Waals surface area contributed by atoms with E-state index in [1.165, 1.54) is 31.4 Å². The maximum Gasteiger partial charge on any atom is 0.226 e. The molecule has 1 saturated carbocycles. The van der Waals surface area contributed by atoms with Crippen LogP contribution in [0.1, 0.15) is 32.1 Å². The molecule has 0 atom stereocenters. The van der Waals surface area contributed by atoms with Crippen molar-refractivity contribution < 1.29 is 4.39 Å². The molecule has 0 radical (unpaired) electrons. The van der Waals surface area contributed by atoms with Gasteiger partial charge in [0.1, 0.15) is 11.6 Å². The van der Waals surface area contributed by atoms with E-state index in [1.54, 1.807) is 18.3 Å². The Morgan fingerprint density at radius 2 is 1.83 bits per heavy atom. The summed E-state index contributed by atoms with van der Waals surface area (Å²) >= 11 is 0. The zero-order valence-corrected chi connectivity index (χ0v) is 13.2. The number of benzene rings is 1. The van der Waals surface area contributed by atoms with Crippen molar-refractivity contribution in [3.8, 4) is 0 Å². The second kappa shape index (κ2) is 6.43. The van der Waals surface area contributed by atoms with Crippen LogP contribution in [0.15, 0.2) is 30.5 Å². The van der Waals surface area contributed by atoms with Crippen LogP contribution in [0.25, 0.3) is 11.0 Å². The van der Waals surface area contributed by atoms with E-state index in [4.69, 9.17) is 0 Å². The molecule has 24 heavy (non-hydrogen) atoms. The smallest absolute Gasteiger partial charge is 0.226 e. The lowest BCUT2D eigenvalue weighted by atomic mass is 9.96. The number of H-pyrrole nitrogens is 1. The number of hydrogen-bond acceptors (Lipinski definition) is 5. The Morgan fingerprint density at radius 1 is 1.04 bits per heavy atom. The number of hydrogen-bond donors (Lipinski definition) is 3. The molecule has 2 heterocycles. The highest BCUT2D eigenvalue weighted by Crippen LogP contribution is 2.26. The van der Waals surface area contributed by atoms with Gasteiger partial charge in [-0.15, -0.1) is 0 Å². The first-order valence-electron chi connectivity index (χ1n) is 8.28. The molecule has 6 nitrogen and oxygen atoms in total. The summed E-state index contributed by atoms with van der Waals surface area (Å²) in [6.07, 6.45) is 7.76. The van der Waals surface area contributed by atoms with Crippen molar-refractivity contribution in [2.75, 3.05) is 10.6 Å². The molecule has 0 amide bonds. The minimum atomic E-state index is -0.267. The SMILES string of the molecule is Fc1ccc(Nc2nc(NC3CCCCC3)nc3[nH]ncc23)cc1. The molecule has 1 aliphatic carbocycles. The molecule has 0 unspecified atom stereocenters. The predicted molar refractivity (Wildman–Crippen MR) is 91.9 cm³/mol. The van der Waals surface area contributed by atoms with Crippen LogP contribution in [-0.4, -0.2) is 26.2 Å². The number of aromatic nitrogens is 4. The number of nitrogens with zero attached hydrogens (tertiary/aromatic N) is 3. The first-order valence-corrected chi connectivity index (χ1v) is 8.28. The number of fused-ring (bicyclic) bond motifs is 1. The summed E-state index contributed by atoms with van der Waals surface area (Å²) in [4.78, 5) is 9.10. The third-order valence-corrected chi connectivity index (χ3v) is 4.36. The summed E-state index contributed by atoms with van der Waals surface area (Å²) in [5, 5.41) is 14.4. The van der Waals surface area contributed by atoms with Crippen molar-refractivity contribution in [2.45, 2.75) is 38.1 Å². The molecule has 0 spiro atoms. The standard InChI is InChI=1S/C17H19FN6/c18-11-6-8-13(9-7-11)20-15-14-10-19-24-16(14)23-17(22-15)21-12-4-2-1-3-5-12/h6-10,12H,1-5H2,(H3,19,20,21,22,23,24). The van der Waals surface area contributed by atoms with Gasteiger partial charge in [-0.1, -0.05) is 19.3 Å². The van der Waals surface area contributed by atoms with Crippen LogP contribution in [0.4, 0.5) is 21.8 Å². The van der Waals surface area contributed by atoms with Gasteiger partial charge in [0, 0.05) is 11.7 Å². The lowest BCUT2D eigenvalue weighted by molar-refractivity contribution is 0.461. The van der Waals surface area contributed by atoms with Gasteiger partial charge < -0.3 is 10.6 Å². The Labute approximate surface area is 138 Å². The minimum absolute atomic E-state index is 0.267. The summed E-state index contributed by atoms with van der Waals surface area (Å²) in [7, 11) is 0. The minimum Gasteiger partial charge on any atom is -0.351 e. The van der Waals surface area contributed by atoms with E-state index in [0.717, 1.165) is 23.9 Å². The van der Waals surface area contributed by atoms with Crippen molar-refractivity contribution in [1.82, 2.24) is 20.2 Å². The van der Waals surface area contributed by atoms with Crippen LogP contribution in [0.5, 0.6) is 0 Å². The van der Waals surface area contributed by atoms with Crippen LogP contribution >= 0.6 is 0 Å². The van der Waals surface area contributed by atoms with Gasteiger partial charge in [-0.2, -0.15) is 15.1 Å². The van der Waals surface area contributed by atoms with Gasteiger partial charge in [-0.25, -0.2) is 4.39 Å². The van der Waals surface area contributed by atoms with Gasteiger partial charge in [0.25, 0.3) is 0 Å². The maximum absolute atomic E-state index is 13.1. The predicted octanol–water partition coefficient (Wildman–Crippen LogP) is 3.98. The average molecular weight is 326 g/mol. The molecular formula is C17H19FN6. The van der Waals surface area contributed by atoms with Crippen LogP contribution in [-0.2, 0) is 0 Å². The highest BCUT2D eigenvalue weighted by molar-refractivity contribution is 5.89. The first-order chi connectivity index (χ1) is 11.8. The Bertz CT molecular complexity index is 823. The van der Waals surface area contributed by atoms with E-state index >= 15 is 0 Å². The molecular weight excluding hydrogens is 307 g/mol. The summed E-state index contributed by atoms with van der Waals surface area (Å²) in [6, 6.07) is 6.60. The fourth-order valence-electron chi connectivity index (χ4n) is 3.09. The quantitative estimate of drug-likeness (QED) is 0.676.